The minimum atomic E-state index is -0.721. The number of nitrogens with one attached hydrogen (secondary N) is 1. The van der Waals surface area contributed by atoms with Gasteiger partial charge in [-0.3, -0.25) is 9.59 Å². The number of esters is 1. The molecule has 1 atom stereocenters. The first kappa shape index (κ1) is 30.4. The molecule has 0 bridgehead atoms. The molecule has 1 aliphatic rings. The number of hydrogen-bond acceptors (Lipinski definition) is 7. The Morgan fingerprint density at radius 3 is 2.27 bits per heavy atom. The smallest absolute Gasteiger partial charge is 0.328 e. The number of rotatable bonds is 14. The van der Waals surface area contributed by atoms with Crippen LogP contribution in [0.4, 0.5) is 11.4 Å². The number of hydrogen-bond donors (Lipinski definition) is 1. The van der Waals surface area contributed by atoms with Gasteiger partial charge in [0.2, 0.25) is 5.91 Å². The molecular weight excluding hydrogens is 556 g/mol. The standard InChI is InChI=1S/C36H36N2O6/c1-42-30-12-8-11-28(24-30)38(35(40)27-17-18-27)21-22-44-29-19-15-25(16-20-29)23-33(36(41)43-2)37-32-14-7-6-13-31(32)34(39)26-9-4-3-5-10-26/h3-16,19-20,24,27,33,37H,17-18,21-23H2,1-2H3. The van der Waals surface area contributed by atoms with Crippen molar-refractivity contribution in [1.82, 2.24) is 0 Å². The maximum absolute atomic E-state index is 13.2. The largest absolute Gasteiger partial charge is 0.497 e. The van der Waals surface area contributed by atoms with Crippen molar-refractivity contribution >= 4 is 29.0 Å². The van der Waals surface area contributed by atoms with Crippen LogP contribution in [0.3, 0.4) is 0 Å². The van der Waals surface area contributed by atoms with Crippen LogP contribution in [-0.4, -0.2) is 51.1 Å². The second-order valence-corrected chi connectivity index (χ2v) is 10.6. The van der Waals surface area contributed by atoms with E-state index in [-0.39, 0.29) is 17.6 Å². The number of ketones is 1. The number of amides is 1. The van der Waals surface area contributed by atoms with Crippen LogP contribution in [0.5, 0.6) is 11.5 Å². The summed E-state index contributed by atoms with van der Waals surface area (Å²) in [7, 11) is 2.95. The molecular formula is C36H36N2O6. The number of nitrogens with zero attached hydrogens (tertiary/aromatic N) is 1. The normalized spacial score (nSPS) is 13.0. The molecule has 1 fully saturated rings. The summed E-state index contributed by atoms with van der Waals surface area (Å²) in [6, 6.07) is 30.4. The molecule has 1 N–H and O–H groups in total. The summed E-state index contributed by atoms with van der Waals surface area (Å²) >= 11 is 0. The Morgan fingerprint density at radius 1 is 0.841 bits per heavy atom. The first-order valence-electron chi connectivity index (χ1n) is 14.7. The van der Waals surface area contributed by atoms with Gasteiger partial charge in [-0.15, -0.1) is 0 Å². The zero-order valence-corrected chi connectivity index (χ0v) is 24.9. The van der Waals surface area contributed by atoms with Crippen molar-refractivity contribution in [1.29, 1.82) is 0 Å². The van der Waals surface area contributed by atoms with E-state index in [2.05, 4.69) is 5.32 Å². The summed E-state index contributed by atoms with van der Waals surface area (Å²) in [4.78, 5) is 40.7. The average Bonchev–Trinajstić information content (AvgIpc) is 3.93. The fourth-order valence-electron chi connectivity index (χ4n) is 4.98. The highest BCUT2D eigenvalue weighted by Gasteiger charge is 2.34. The predicted molar refractivity (Wildman–Crippen MR) is 169 cm³/mol. The lowest BCUT2D eigenvalue weighted by Crippen LogP contribution is -2.35. The molecule has 1 amide bonds. The Labute approximate surface area is 257 Å². The minimum Gasteiger partial charge on any atom is -0.497 e. The molecule has 0 spiro atoms. The fourth-order valence-corrected chi connectivity index (χ4v) is 4.98. The molecule has 4 aromatic carbocycles. The average molecular weight is 593 g/mol. The van der Waals surface area contributed by atoms with Crippen LogP contribution in [-0.2, 0) is 20.7 Å². The molecule has 5 rings (SSSR count). The van der Waals surface area contributed by atoms with Gasteiger partial charge in [-0.25, -0.2) is 4.79 Å². The van der Waals surface area contributed by atoms with Gasteiger partial charge in [0.15, 0.2) is 5.78 Å². The monoisotopic (exact) mass is 592 g/mol. The van der Waals surface area contributed by atoms with Gasteiger partial charge < -0.3 is 24.4 Å². The lowest BCUT2D eigenvalue weighted by Gasteiger charge is -2.23. The molecule has 0 aromatic heterocycles. The first-order chi connectivity index (χ1) is 21.5. The van der Waals surface area contributed by atoms with Crippen LogP contribution in [0.15, 0.2) is 103 Å². The van der Waals surface area contributed by atoms with Gasteiger partial charge in [-0.2, -0.15) is 0 Å². The predicted octanol–water partition coefficient (Wildman–Crippen LogP) is 5.94. The Balaban J connectivity index is 1.23. The fraction of sp³-hybridized carbons (Fsp3) is 0.250. The lowest BCUT2D eigenvalue weighted by molar-refractivity contribution is -0.141. The second-order valence-electron chi connectivity index (χ2n) is 10.6. The molecule has 4 aromatic rings. The van der Waals surface area contributed by atoms with Crippen molar-refractivity contribution < 1.29 is 28.6 Å². The topological polar surface area (TPSA) is 94.2 Å². The van der Waals surface area contributed by atoms with E-state index in [9.17, 15) is 14.4 Å². The van der Waals surface area contributed by atoms with Gasteiger partial charge in [0.05, 0.1) is 20.8 Å². The van der Waals surface area contributed by atoms with Crippen molar-refractivity contribution in [3.05, 3.63) is 120 Å². The number of ether oxygens (including phenoxy) is 3. The summed E-state index contributed by atoms with van der Waals surface area (Å²) in [5, 5.41) is 3.23. The van der Waals surface area contributed by atoms with Gasteiger partial charge in [-0.05, 0) is 54.8 Å². The highest BCUT2D eigenvalue weighted by atomic mass is 16.5. The van der Waals surface area contributed by atoms with Crippen molar-refractivity contribution in [3.8, 4) is 11.5 Å². The zero-order valence-electron chi connectivity index (χ0n) is 24.9. The highest BCUT2D eigenvalue weighted by molar-refractivity contribution is 6.12. The first-order valence-corrected chi connectivity index (χ1v) is 14.7. The van der Waals surface area contributed by atoms with Gasteiger partial charge in [0.1, 0.15) is 24.1 Å². The van der Waals surface area contributed by atoms with E-state index in [4.69, 9.17) is 14.2 Å². The molecule has 0 aliphatic heterocycles. The molecule has 226 valence electrons. The minimum absolute atomic E-state index is 0.0697. The van der Waals surface area contributed by atoms with Crippen LogP contribution in [0.1, 0.15) is 34.3 Å². The molecule has 0 saturated heterocycles. The highest BCUT2D eigenvalue weighted by Crippen LogP contribution is 2.33. The number of para-hydroxylation sites is 1. The number of carbonyl (C=O) groups is 3. The Hall–Kier alpha value is -5.11. The Bertz CT molecular complexity index is 1580. The molecule has 0 radical (unpaired) electrons. The summed E-state index contributed by atoms with van der Waals surface area (Å²) < 4.78 is 16.4. The van der Waals surface area contributed by atoms with E-state index in [1.165, 1.54) is 7.11 Å². The van der Waals surface area contributed by atoms with Crippen molar-refractivity contribution in [2.24, 2.45) is 5.92 Å². The van der Waals surface area contributed by atoms with Gasteiger partial charge in [0, 0.05) is 40.9 Å². The third-order valence-corrected chi connectivity index (χ3v) is 7.53. The van der Waals surface area contributed by atoms with E-state index in [1.54, 1.807) is 42.3 Å². The third kappa shape index (κ3) is 7.64. The second kappa shape index (κ2) is 14.4. The molecule has 1 aliphatic carbocycles. The third-order valence-electron chi connectivity index (χ3n) is 7.53. The number of anilines is 2. The summed E-state index contributed by atoms with van der Waals surface area (Å²) in [5.41, 5.74) is 3.26. The Morgan fingerprint density at radius 2 is 1.57 bits per heavy atom. The van der Waals surface area contributed by atoms with E-state index < -0.39 is 12.0 Å². The van der Waals surface area contributed by atoms with E-state index in [0.717, 1.165) is 24.1 Å². The molecule has 1 unspecified atom stereocenters. The molecule has 8 nitrogen and oxygen atoms in total. The van der Waals surface area contributed by atoms with Gasteiger partial charge in [0.25, 0.3) is 0 Å². The summed E-state index contributed by atoms with van der Waals surface area (Å²) in [6.45, 7) is 0.716. The Kier molecular flexibility index (Phi) is 9.92. The maximum Gasteiger partial charge on any atom is 0.328 e. The lowest BCUT2D eigenvalue weighted by atomic mass is 10.00. The molecule has 8 heteroatoms. The van der Waals surface area contributed by atoms with Crippen LogP contribution in [0.25, 0.3) is 0 Å². The zero-order chi connectivity index (χ0) is 30.9. The van der Waals surface area contributed by atoms with Gasteiger partial charge in [-0.1, -0.05) is 60.7 Å². The summed E-state index contributed by atoms with van der Waals surface area (Å²) in [6.07, 6.45) is 2.16. The molecule has 0 heterocycles. The summed E-state index contributed by atoms with van der Waals surface area (Å²) in [5.74, 6) is 0.942. The number of carbonyl (C=O) groups excluding carboxylic acids is 3. The van der Waals surface area contributed by atoms with Crippen molar-refractivity contribution in [2.75, 3.05) is 37.6 Å². The van der Waals surface area contributed by atoms with Crippen LogP contribution in [0.2, 0.25) is 0 Å². The van der Waals surface area contributed by atoms with Crippen molar-refractivity contribution in [2.45, 2.75) is 25.3 Å². The van der Waals surface area contributed by atoms with Crippen LogP contribution in [0, 0.1) is 5.92 Å². The molecule has 44 heavy (non-hydrogen) atoms. The SMILES string of the molecule is COC(=O)C(Cc1ccc(OCCN(C(=O)C2CC2)c2cccc(OC)c2)cc1)Nc1ccccc1C(=O)c1ccccc1. The van der Waals surface area contributed by atoms with E-state index in [0.29, 0.717) is 47.9 Å². The maximum atomic E-state index is 13.2. The molecule has 1 saturated carbocycles. The van der Waals surface area contributed by atoms with E-state index in [1.807, 2.05) is 72.8 Å². The van der Waals surface area contributed by atoms with E-state index >= 15 is 0 Å². The number of methoxy groups -OCH3 is 2. The van der Waals surface area contributed by atoms with Crippen molar-refractivity contribution in [3.63, 3.8) is 0 Å². The number of benzene rings is 4. The van der Waals surface area contributed by atoms with Crippen LogP contribution >= 0.6 is 0 Å². The van der Waals surface area contributed by atoms with Gasteiger partial charge >= 0.3 is 5.97 Å². The quantitative estimate of drug-likeness (QED) is 0.143. The van der Waals surface area contributed by atoms with Crippen LogP contribution < -0.4 is 19.7 Å².